The van der Waals surface area contributed by atoms with Crippen LogP contribution in [0.5, 0.6) is 0 Å². The van der Waals surface area contributed by atoms with E-state index in [0.717, 1.165) is 12.1 Å². The summed E-state index contributed by atoms with van der Waals surface area (Å²) in [6.45, 7) is 7.19. The van der Waals surface area contributed by atoms with Crippen molar-refractivity contribution in [2.24, 2.45) is 0 Å². The number of anilines is 1. The van der Waals surface area contributed by atoms with Gasteiger partial charge in [0.05, 0.1) is 12.2 Å². The van der Waals surface area contributed by atoms with Gasteiger partial charge in [-0.3, -0.25) is 0 Å². The number of halogens is 3. The van der Waals surface area contributed by atoms with Gasteiger partial charge in [0.2, 0.25) is 0 Å². The van der Waals surface area contributed by atoms with Crippen molar-refractivity contribution < 1.29 is 22.6 Å². The highest BCUT2D eigenvalue weighted by molar-refractivity contribution is 5.57. The van der Waals surface area contributed by atoms with E-state index >= 15 is 0 Å². The van der Waals surface area contributed by atoms with Gasteiger partial charge in [-0.25, -0.2) is 0 Å². The molecule has 0 saturated carbocycles. The van der Waals surface area contributed by atoms with E-state index < -0.39 is 17.3 Å². The number of rotatable bonds is 8. The van der Waals surface area contributed by atoms with Crippen molar-refractivity contribution in [1.82, 2.24) is 0 Å². The lowest BCUT2D eigenvalue weighted by molar-refractivity contribution is -0.137. The van der Waals surface area contributed by atoms with E-state index in [2.05, 4.69) is 11.9 Å². The molecule has 0 aliphatic carbocycles. The largest absolute Gasteiger partial charge is 0.416 e. The van der Waals surface area contributed by atoms with Crippen molar-refractivity contribution >= 4 is 5.69 Å². The number of alkyl halides is 3. The summed E-state index contributed by atoms with van der Waals surface area (Å²) in [5.74, 6) is 0. The highest BCUT2D eigenvalue weighted by Crippen LogP contribution is 2.37. The fraction of sp³-hybridized carbons (Fsp3) is 0.438. The number of ether oxygens (including phenoxy) is 2. The lowest BCUT2D eigenvalue weighted by Gasteiger charge is -2.26. The van der Waals surface area contributed by atoms with Gasteiger partial charge in [0.25, 0.3) is 0 Å². The first-order valence-electron chi connectivity index (χ1n) is 6.98. The van der Waals surface area contributed by atoms with Crippen LogP contribution in [-0.2, 0) is 21.3 Å². The minimum atomic E-state index is -4.46. The third-order valence-electron chi connectivity index (χ3n) is 3.11. The van der Waals surface area contributed by atoms with Crippen molar-refractivity contribution in [2.75, 3.05) is 25.3 Å². The van der Waals surface area contributed by atoms with Crippen molar-refractivity contribution in [3.8, 4) is 6.07 Å². The molecule has 1 rings (SSSR count). The molecule has 0 aromatic heterocycles. The Kier molecular flexibility index (Phi) is 6.61. The predicted molar refractivity (Wildman–Crippen MR) is 80.7 cm³/mol. The normalized spacial score (nSPS) is 13.9. The quantitative estimate of drug-likeness (QED) is 0.444. The van der Waals surface area contributed by atoms with Crippen LogP contribution in [0.4, 0.5) is 18.9 Å². The third-order valence-corrected chi connectivity index (χ3v) is 3.11. The van der Waals surface area contributed by atoms with Gasteiger partial charge >= 0.3 is 6.18 Å². The van der Waals surface area contributed by atoms with Crippen molar-refractivity contribution in [3.05, 3.63) is 42.0 Å². The van der Waals surface area contributed by atoms with Crippen LogP contribution in [0.2, 0.25) is 0 Å². The lowest BCUT2D eigenvalue weighted by atomic mass is 9.94. The molecule has 0 aliphatic rings. The van der Waals surface area contributed by atoms with E-state index in [-0.39, 0.29) is 19.1 Å². The Morgan fingerprint density at radius 1 is 1.39 bits per heavy atom. The molecule has 0 heterocycles. The van der Waals surface area contributed by atoms with Gasteiger partial charge in [-0.05, 0) is 26.0 Å². The van der Waals surface area contributed by atoms with Crippen LogP contribution in [0.1, 0.15) is 25.0 Å². The molecule has 0 spiro atoms. The summed E-state index contributed by atoms with van der Waals surface area (Å²) in [5.41, 5.74) is -1.71. The highest BCUT2D eigenvalue weighted by Gasteiger charge is 2.35. The van der Waals surface area contributed by atoms with E-state index in [0.29, 0.717) is 12.1 Å². The van der Waals surface area contributed by atoms with E-state index in [1.165, 1.54) is 19.1 Å². The molecular formula is C16H19F3N2O2. The first-order valence-corrected chi connectivity index (χ1v) is 6.98. The maximum Gasteiger partial charge on any atom is 0.416 e. The Balaban J connectivity index is 3.16. The van der Waals surface area contributed by atoms with Crippen molar-refractivity contribution in [3.63, 3.8) is 0 Å². The first kappa shape index (κ1) is 19.0. The Labute approximate surface area is 133 Å². The standard InChI is InChI=1S/C16H19F3N2O2/c1-4-8-22-11-23-15(3,10-20)13-7-6-12(16(17,18)19)9-14(13)21-5-2/h4,6-7,9,21H,1,5,8,11H2,2-3H3. The second kappa shape index (κ2) is 7.99. The molecular weight excluding hydrogens is 309 g/mol. The number of nitriles is 1. The molecule has 0 aliphatic heterocycles. The second-order valence-corrected chi connectivity index (χ2v) is 4.86. The predicted octanol–water partition coefficient (Wildman–Crippen LogP) is 4.05. The second-order valence-electron chi connectivity index (χ2n) is 4.86. The van der Waals surface area contributed by atoms with Gasteiger partial charge in [-0.1, -0.05) is 12.1 Å². The summed E-state index contributed by atoms with van der Waals surface area (Å²) < 4.78 is 49.1. The zero-order chi connectivity index (χ0) is 17.5. The zero-order valence-corrected chi connectivity index (χ0v) is 13.0. The van der Waals surface area contributed by atoms with Crippen LogP contribution in [0, 0.1) is 11.3 Å². The Hall–Kier alpha value is -2.04. The van der Waals surface area contributed by atoms with Crippen LogP contribution >= 0.6 is 0 Å². The molecule has 0 fully saturated rings. The maximum absolute atomic E-state index is 12.9. The molecule has 0 radical (unpaired) electrons. The maximum atomic E-state index is 12.9. The number of benzene rings is 1. The van der Waals surface area contributed by atoms with Crippen LogP contribution in [0.15, 0.2) is 30.9 Å². The number of nitrogens with zero attached hydrogens (tertiary/aromatic N) is 1. The molecule has 1 aromatic rings. The van der Waals surface area contributed by atoms with Gasteiger partial charge in [-0.15, -0.1) is 6.58 Å². The minimum Gasteiger partial charge on any atom is -0.385 e. The fourth-order valence-corrected chi connectivity index (χ4v) is 1.93. The molecule has 1 N–H and O–H groups in total. The molecule has 1 atom stereocenters. The molecule has 0 amide bonds. The third kappa shape index (κ3) is 4.98. The molecule has 1 unspecified atom stereocenters. The molecule has 0 bridgehead atoms. The summed E-state index contributed by atoms with van der Waals surface area (Å²) in [4.78, 5) is 0. The Morgan fingerprint density at radius 3 is 2.61 bits per heavy atom. The Morgan fingerprint density at radius 2 is 2.09 bits per heavy atom. The van der Waals surface area contributed by atoms with Crippen LogP contribution < -0.4 is 5.32 Å². The smallest absolute Gasteiger partial charge is 0.385 e. The summed E-state index contributed by atoms with van der Waals surface area (Å²) in [6.07, 6.45) is -2.94. The Bertz CT molecular complexity index is 582. The molecule has 1 aromatic carbocycles. The summed E-state index contributed by atoms with van der Waals surface area (Å²) in [5, 5.41) is 12.3. The number of hydrogen-bond donors (Lipinski definition) is 1. The number of nitrogens with one attached hydrogen (secondary N) is 1. The molecule has 23 heavy (non-hydrogen) atoms. The van der Waals surface area contributed by atoms with E-state index in [4.69, 9.17) is 9.47 Å². The lowest BCUT2D eigenvalue weighted by Crippen LogP contribution is -2.27. The SMILES string of the molecule is C=CCOCOC(C)(C#N)c1ccc(C(F)(F)F)cc1NCC. The average molecular weight is 328 g/mol. The van der Waals surface area contributed by atoms with Gasteiger partial charge in [-0.2, -0.15) is 18.4 Å². The molecule has 126 valence electrons. The summed E-state index contributed by atoms with van der Waals surface area (Å²) in [6, 6.07) is 5.13. The van der Waals surface area contributed by atoms with E-state index in [9.17, 15) is 18.4 Å². The average Bonchev–Trinajstić information content (AvgIpc) is 2.51. The van der Waals surface area contributed by atoms with Crippen LogP contribution in [0.3, 0.4) is 0 Å². The van der Waals surface area contributed by atoms with E-state index in [1.807, 2.05) is 6.07 Å². The van der Waals surface area contributed by atoms with Gasteiger partial charge in [0, 0.05) is 17.8 Å². The monoisotopic (exact) mass is 328 g/mol. The fourth-order valence-electron chi connectivity index (χ4n) is 1.93. The van der Waals surface area contributed by atoms with E-state index in [1.54, 1.807) is 6.92 Å². The first-order chi connectivity index (χ1) is 10.8. The van der Waals surface area contributed by atoms with Crippen LogP contribution in [0.25, 0.3) is 0 Å². The highest BCUT2D eigenvalue weighted by atomic mass is 19.4. The molecule has 7 heteroatoms. The molecule has 4 nitrogen and oxygen atoms in total. The van der Waals surface area contributed by atoms with Crippen LogP contribution in [-0.4, -0.2) is 19.9 Å². The topological polar surface area (TPSA) is 54.3 Å². The van der Waals surface area contributed by atoms with Gasteiger partial charge < -0.3 is 14.8 Å². The van der Waals surface area contributed by atoms with Gasteiger partial charge in [0.1, 0.15) is 12.9 Å². The summed E-state index contributed by atoms with van der Waals surface area (Å²) >= 11 is 0. The van der Waals surface area contributed by atoms with Crippen molar-refractivity contribution in [2.45, 2.75) is 25.6 Å². The number of hydrogen-bond acceptors (Lipinski definition) is 4. The summed E-state index contributed by atoms with van der Waals surface area (Å²) in [7, 11) is 0. The van der Waals surface area contributed by atoms with Crippen molar-refractivity contribution in [1.29, 1.82) is 5.26 Å². The molecule has 0 saturated heterocycles. The minimum absolute atomic E-state index is 0.178. The zero-order valence-electron chi connectivity index (χ0n) is 13.0. The van der Waals surface area contributed by atoms with Gasteiger partial charge in [0.15, 0.2) is 5.60 Å².